The van der Waals surface area contributed by atoms with Crippen LogP contribution in [0.25, 0.3) is 10.9 Å². The summed E-state index contributed by atoms with van der Waals surface area (Å²) in [7, 11) is 0. The average Bonchev–Trinajstić information content (AvgIpc) is 2.39. The molecule has 3 heterocycles. The first-order chi connectivity index (χ1) is 8.33. The minimum Gasteiger partial charge on any atom is -0.378 e. The molecule has 2 aromatic heterocycles. The molecular formula is C12H12BrN3O. The number of aromatic nitrogens is 2. The molecule has 1 saturated heterocycles. The lowest BCUT2D eigenvalue weighted by atomic mass is 10.2. The number of pyridine rings is 2. The Kier molecular flexibility index (Phi) is 2.94. The highest BCUT2D eigenvalue weighted by Gasteiger charge is 2.12. The molecular weight excluding hydrogens is 282 g/mol. The fraction of sp³-hybridized carbons (Fsp3) is 0.333. The van der Waals surface area contributed by atoms with Gasteiger partial charge in [-0.1, -0.05) is 0 Å². The van der Waals surface area contributed by atoms with Crippen LogP contribution in [0.15, 0.2) is 29.0 Å². The highest BCUT2D eigenvalue weighted by Crippen LogP contribution is 2.21. The third-order valence-electron chi connectivity index (χ3n) is 2.85. The lowest BCUT2D eigenvalue weighted by Crippen LogP contribution is -2.36. The first-order valence-electron chi connectivity index (χ1n) is 5.57. The van der Waals surface area contributed by atoms with Crippen LogP contribution in [0.1, 0.15) is 0 Å². The molecule has 2 aromatic rings. The molecule has 1 fully saturated rings. The molecule has 0 saturated carbocycles. The summed E-state index contributed by atoms with van der Waals surface area (Å²) in [5.41, 5.74) is 0.977. The third kappa shape index (κ3) is 2.25. The van der Waals surface area contributed by atoms with Crippen molar-refractivity contribution >= 4 is 32.7 Å². The van der Waals surface area contributed by atoms with Crippen LogP contribution in [0.5, 0.6) is 0 Å². The van der Waals surface area contributed by atoms with Gasteiger partial charge < -0.3 is 9.64 Å². The molecule has 0 unspecified atom stereocenters. The zero-order valence-electron chi connectivity index (χ0n) is 9.27. The zero-order valence-corrected chi connectivity index (χ0v) is 10.9. The molecule has 0 amide bonds. The minimum absolute atomic E-state index is 0.771. The summed E-state index contributed by atoms with van der Waals surface area (Å²) in [4.78, 5) is 11.1. The van der Waals surface area contributed by atoms with Crippen molar-refractivity contribution in [1.29, 1.82) is 0 Å². The Balaban J connectivity index is 1.98. The van der Waals surface area contributed by atoms with Gasteiger partial charge in [0.2, 0.25) is 0 Å². The molecule has 1 aliphatic rings. The van der Waals surface area contributed by atoms with Crippen molar-refractivity contribution in [2.24, 2.45) is 0 Å². The Bertz CT molecular complexity index is 540. The van der Waals surface area contributed by atoms with Crippen LogP contribution in [0.4, 0.5) is 5.82 Å². The summed E-state index contributed by atoms with van der Waals surface area (Å²) in [6, 6.07) is 4.06. The number of anilines is 1. The van der Waals surface area contributed by atoms with Crippen LogP contribution in [-0.2, 0) is 4.74 Å². The molecule has 17 heavy (non-hydrogen) atoms. The summed E-state index contributed by atoms with van der Waals surface area (Å²) in [6.45, 7) is 3.34. The van der Waals surface area contributed by atoms with Gasteiger partial charge >= 0.3 is 0 Å². The molecule has 0 spiro atoms. The Morgan fingerprint density at radius 3 is 2.76 bits per heavy atom. The number of rotatable bonds is 1. The van der Waals surface area contributed by atoms with E-state index in [4.69, 9.17) is 4.74 Å². The van der Waals surface area contributed by atoms with Gasteiger partial charge in [0.05, 0.1) is 18.7 Å². The maximum absolute atomic E-state index is 5.33. The van der Waals surface area contributed by atoms with E-state index in [0.717, 1.165) is 47.5 Å². The van der Waals surface area contributed by atoms with Gasteiger partial charge in [-0.3, -0.25) is 4.98 Å². The van der Waals surface area contributed by atoms with Crippen LogP contribution in [-0.4, -0.2) is 36.3 Å². The van der Waals surface area contributed by atoms with E-state index in [1.165, 1.54) is 0 Å². The monoisotopic (exact) mass is 293 g/mol. The third-order valence-corrected chi connectivity index (χ3v) is 3.29. The molecule has 0 aromatic carbocycles. The molecule has 0 bridgehead atoms. The van der Waals surface area contributed by atoms with Crippen LogP contribution in [0, 0.1) is 0 Å². The molecule has 1 aliphatic heterocycles. The van der Waals surface area contributed by atoms with Crippen molar-refractivity contribution in [3.63, 3.8) is 0 Å². The lowest BCUT2D eigenvalue weighted by Gasteiger charge is -2.27. The number of morpholine rings is 1. The highest BCUT2D eigenvalue weighted by atomic mass is 79.9. The van der Waals surface area contributed by atoms with Gasteiger partial charge in [0, 0.05) is 41.4 Å². The maximum atomic E-state index is 5.33. The number of halogens is 1. The second-order valence-electron chi connectivity index (χ2n) is 3.99. The Labute approximate surface area is 108 Å². The number of nitrogens with zero attached hydrogens (tertiary/aromatic N) is 3. The lowest BCUT2D eigenvalue weighted by molar-refractivity contribution is 0.122. The first-order valence-corrected chi connectivity index (χ1v) is 6.36. The average molecular weight is 294 g/mol. The summed E-state index contributed by atoms with van der Waals surface area (Å²) in [5, 5.41) is 1.05. The number of hydrogen-bond acceptors (Lipinski definition) is 4. The van der Waals surface area contributed by atoms with Crippen molar-refractivity contribution in [3.8, 4) is 0 Å². The molecule has 0 atom stereocenters. The van der Waals surface area contributed by atoms with Crippen LogP contribution in [0.3, 0.4) is 0 Å². The van der Waals surface area contributed by atoms with Crippen molar-refractivity contribution < 1.29 is 4.74 Å². The fourth-order valence-corrected chi connectivity index (χ4v) is 2.30. The van der Waals surface area contributed by atoms with Gasteiger partial charge in [-0.15, -0.1) is 0 Å². The van der Waals surface area contributed by atoms with Crippen molar-refractivity contribution in [2.75, 3.05) is 31.2 Å². The van der Waals surface area contributed by atoms with E-state index in [9.17, 15) is 0 Å². The van der Waals surface area contributed by atoms with Gasteiger partial charge in [0.15, 0.2) is 0 Å². The van der Waals surface area contributed by atoms with Crippen molar-refractivity contribution in [1.82, 2.24) is 9.97 Å². The maximum Gasteiger partial charge on any atom is 0.130 e. The number of ether oxygens (including phenoxy) is 1. The van der Waals surface area contributed by atoms with Crippen LogP contribution >= 0.6 is 15.9 Å². The number of fused-ring (bicyclic) bond motifs is 1. The van der Waals surface area contributed by atoms with E-state index < -0.39 is 0 Å². The second-order valence-corrected chi connectivity index (χ2v) is 4.90. The molecule has 3 rings (SSSR count). The molecule has 0 aliphatic carbocycles. The molecule has 88 valence electrons. The van der Waals surface area contributed by atoms with E-state index in [1.807, 2.05) is 24.5 Å². The predicted molar refractivity (Wildman–Crippen MR) is 70.3 cm³/mol. The summed E-state index contributed by atoms with van der Waals surface area (Å²) in [6.07, 6.45) is 3.68. The quantitative estimate of drug-likeness (QED) is 0.808. The zero-order chi connectivity index (χ0) is 11.7. The molecule has 0 radical (unpaired) electrons. The topological polar surface area (TPSA) is 38.2 Å². The van der Waals surface area contributed by atoms with E-state index in [1.54, 1.807) is 0 Å². The van der Waals surface area contributed by atoms with Crippen LogP contribution < -0.4 is 4.90 Å². The number of hydrogen-bond donors (Lipinski definition) is 0. The summed E-state index contributed by atoms with van der Waals surface area (Å²) >= 11 is 3.41. The van der Waals surface area contributed by atoms with Gasteiger partial charge in [0.25, 0.3) is 0 Å². The standard InChI is InChI=1S/C12H12BrN3O/c13-10-5-9-7-15-12(6-11(9)14-8-10)16-1-3-17-4-2-16/h5-8H,1-4H2. The van der Waals surface area contributed by atoms with Gasteiger partial charge in [0.1, 0.15) is 5.82 Å². The normalized spacial score (nSPS) is 16.4. The minimum atomic E-state index is 0.771. The largest absolute Gasteiger partial charge is 0.378 e. The second kappa shape index (κ2) is 4.58. The van der Waals surface area contributed by atoms with E-state index in [-0.39, 0.29) is 0 Å². The van der Waals surface area contributed by atoms with Crippen molar-refractivity contribution in [2.45, 2.75) is 0 Å². The van der Waals surface area contributed by atoms with E-state index in [0.29, 0.717) is 0 Å². The Morgan fingerprint density at radius 1 is 1.12 bits per heavy atom. The fourth-order valence-electron chi connectivity index (χ4n) is 1.95. The van der Waals surface area contributed by atoms with Gasteiger partial charge in [-0.25, -0.2) is 4.98 Å². The van der Waals surface area contributed by atoms with Gasteiger partial charge in [-0.05, 0) is 22.0 Å². The molecule has 5 heteroatoms. The van der Waals surface area contributed by atoms with E-state index in [2.05, 4.69) is 30.8 Å². The molecule has 0 N–H and O–H groups in total. The summed E-state index contributed by atoms with van der Waals surface area (Å²) < 4.78 is 6.31. The summed E-state index contributed by atoms with van der Waals surface area (Å²) in [5.74, 6) is 0.982. The smallest absolute Gasteiger partial charge is 0.130 e. The Hall–Kier alpha value is -1.20. The van der Waals surface area contributed by atoms with Crippen molar-refractivity contribution in [3.05, 3.63) is 29.0 Å². The van der Waals surface area contributed by atoms with Gasteiger partial charge in [-0.2, -0.15) is 0 Å². The van der Waals surface area contributed by atoms with Crippen LogP contribution in [0.2, 0.25) is 0 Å². The first kappa shape index (κ1) is 10.9. The highest BCUT2D eigenvalue weighted by molar-refractivity contribution is 9.10. The Morgan fingerprint density at radius 2 is 1.94 bits per heavy atom. The SMILES string of the molecule is Brc1cnc2cc(N3CCOCC3)ncc2c1. The predicted octanol–water partition coefficient (Wildman–Crippen LogP) is 2.23. The van der Waals surface area contributed by atoms with E-state index >= 15 is 0 Å². The molecule has 4 nitrogen and oxygen atoms in total.